The van der Waals surface area contributed by atoms with E-state index in [1.165, 1.54) is 21.3 Å². The fourth-order valence-corrected chi connectivity index (χ4v) is 0.443. The Morgan fingerprint density at radius 3 is 1.91 bits per heavy atom. The van der Waals surface area contributed by atoms with Crippen LogP contribution in [0.4, 0.5) is 0 Å². The quantitative estimate of drug-likeness (QED) is 0.364. The predicted octanol–water partition coefficient (Wildman–Crippen LogP) is 0.179. The summed E-state index contributed by atoms with van der Waals surface area (Å²) < 4.78 is 13.1. The highest BCUT2D eigenvalue weighted by Gasteiger charge is 2.16. The third-order valence-electron chi connectivity index (χ3n) is 0.963. The Bertz CT molecular complexity index is 172. The molecule has 0 bridgehead atoms. The SMILES string of the molecule is COC(=O)C(OC)=C(O)OC. The molecule has 0 atom stereocenters. The van der Waals surface area contributed by atoms with Gasteiger partial charge in [0.05, 0.1) is 21.3 Å². The van der Waals surface area contributed by atoms with Gasteiger partial charge < -0.3 is 19.3 Å². The van der Waals surface area contributed by atoms with Crippen LogP contribution in [0.25, 0.3) is 0 Å². The summed E-state index contributed by atoms with van der Waals surface area (Å²) in [5.74, 6) is -1.74. The highest BCUT2D eigenvalue weighted by Crippen LogP contribution is 2.04. The van der Waals surface area contributed by atoms with Crippen LogP contribution in [0.15, 0.2) is 11.7 Å². The molecule has 0 saturated carbocycles. The Hall–Kier alpha value is -1.39. The van der Waals surface area contributed by atoms with Crippen LogP contribution in [-0.4, -0.2) is 32.4 Å². The molecule has 64 valence electrons. The van der Waals surface area contributed by atoms with Gasteiger partial charge >= 0.3 is 11.9 Å². The standard InChI is InChI=1S/C6H10O5/c1-9-4(5(7)10-2)6(8)11-3/h7H,1-3H3. The molecule has 0 rings (SSSR count). The van der Waals surface area contributed by atoms with Crippen molar-refractivity contribution in [1.29, 1.82) is 0 Å². The van der Waals surface area contributed by atoms with Gasteiger partial charge in [-0.1, -0.05) is 0 Å². The Morgan fingerprint density at radius 1 is 1.09 bits per heavy atom. The molecule has 0 radical (unpaired) electrons. The van der Waals surface area contributed by atoms with Gasteiger partial charge in [-0.15, -0.1) is 0 Å². The van der Waals surface area contributed by atoms with Gasteiger partial charge in [-0.05, 0) is 0 Å². The van der Waals surface area contributed by atoms with Crippen molar-refractivity contribution in [2.45, 2.75) is 0 Å². The van der Waals surface area contributed by atoms with E-state index in [2.05, 4.69) is 14.2 Å². The van der Waals surface area contributed by atoms with E-state index >= 15 is 0 Å². The summed E-state index contributed by atoms with van der Waals surface area (Å²) in [6.45, 7) is 0. The number of ether oxygens (including phenoxy) is 3. The molecule has 0 saturated heterocycles. The number of esters is 1. The van der Waals surface area contributed by atoms with Crippen LogP contribution in [0.3, 0.4) is 0 Å². The Morgan fingerprint density at radius 2 is 1.64 bits per heavy atom. The first kappa shape index (κ1) is 9.61. The van der Waals surface area contributed by atoms with E-state index in [1.807, 2.05) is 0 Å². The second-order valence-electron chi connectivity index (χ2n) is 1.53. The van der Waals surface area contributed by atoms with E-state index < -0.39 is 11.9 Å². The number of hydrogen-bond acceptors (Lipinski definition) is 5. The minimum atomic E-state index is -0.785. The van der Waals surface area contributed by atoms with Gasteiger partial charge in [0.1, 0.15) is 0 Å². The molecule has 5 nitrogen and oxygen atoms in total. The third-order valence-corrected chi connectivity index (χ3v) is 0.963. The van der Waals surface area contributed by atoms with Crippen LogP contribution < -0.4 is 0 Å². The lowest BCUT2D eigenvalue weighted by atomic mass is 10.5. The van der Waals surface area contributed by atoms with Crippen LogP contribution >= 0.6 is 0 Å². The number of methoxy groups -OCH3 is 3. The van der Waals surface area contributed by atoms with Crippen molar-refractivity contribution < 1.29 is 24.1 Å². The smallest absolute Gasteiger partial charge is 0.381 e. The van der Waals surface area contributed by atoms with E-state index in [0.29, 0.717) is 0 Å². The maximum absolute atomic E-state index is 10.7. The molecule has 5 heteroatoms. The molecule has 0 amide bonds. The number of carbonyl (C=O) groups excluding carboxylic acids is 1. The lowest BCUT2D eigenvalue weighted by Gasteiger charge is -2.04. The number of hydrogen-bond donors (Lipinski definition) is 1. The zero-order chi connectivity index (χ0) is 8.85. The van der Waals surface area contributed by atoms with Gasteiger partial charge in [-0.2, -0.15) is 0 Å². The van der Waals surface area contributed by atoms with Gasteiger partial charge in [0.25, 0.3) is 5.76 Å². The maximum atomic E-state index is 10.7. The van der Waals surface area contributed by atoms with Gasteiger partial charge in [-0.3, -0.25) is 0 Å². The van der Waals surface area contributed by atoms with Crippen LogP contribution in [0.5, 0.6) is 0 Å². The largest absolute Gasteiger partial charge is 0.485 e. The van der Waals surface area contributed by atoms with Crippen molar-refractivity contribution >= 4 is 5.97 Å². The first-order valence-electron chi connectivity index (χ1n) is 2.76. The fourth-order valence-electron chi connectivity index (χ4n) is 0.443. The van der Waals surface area contributed by atoms with Crippen LogP contribution in [0.2, 0.25) is 0 Å². The lowest BCUT2D eigenvalue weighted by Crippen LogP contribution is -2.10. The molecular weight excluding hydrogens is 152 g/mol. The topological polar surface area (TPSA) is 65.0 Å². The molecular formula is C6H10O5. The normalized spacial score (nSPS) is 11.5. The van der Waals surface area contributed by atoms with Crippen molar-refractivity contribution in [3.05, 3.63) is 11.7 Å². The molecule has 0 aromatic carbocycles. The molecule has 0 aromatic rings. The lowest BCUT2D eigenvalue weighted by molar-refractivity contribution is -0.140. The van der Waals surface area contributed by atoms with Crippen molar-refractivity contribution in [1.82, 2.24) is 0 Å². The number of aliphatic hydroxyl groups excluding tert-OH is 1. The first-order valence-corrected chi connectivity index (χ1v) is 2.76. The fraction of sp³-hybridized carbons (Fsp3) is 0.500. The van der Waals surface area contributed by atoms with E-state index in [4.69, 9.17) is 5.11 Å². The molecule has 0 aliphatic rings. The number of aliphatic hydroxyl groups is 1. The van der Waals surface area contributed by atoms with Gasteiger partial charge in [0.2, 0.25) is 0 Å². The van der Waals surface area contributed by atoms with Crippen LogP contribution in [0.1, 0.15) is 0 Å². The third kappa shape index (κ3) is 2.37. The second-order valence-corrected chi connectivity index (χ2v) is 1.53. The predicted molar refractivity (Wildman–Crippen MR) is 35.7 cm³/mol. The minimum Gasteiger partial charge on any atom is -0.485 e. The van der Waals surface area contributed by atoms with E-state index in [1.54, 1.807) is 0 Å². The molecule has 0 unspecified atom stereocenters. The highest BCUT2D eigenvalue weighted by molar-refractivity contribution is 5.86. The van der Waals surface area contributed by atoms with E-state index in [0.717, 1.165) is 0 Å². The molecule has 0 fully saturated rings. The summed E-state index contributed by atoms with van der Waals surface area (Å²) in [6.07, 6.45) is 0. The van der Waals surface area contributed by atoms with Crippen molar-refractivity contribution in [2.24, 2.45) is 0 Å². The zero-order valence-electron chi connectivity index (χ0n) is 6.58. The van der Waals surface area contributed by atoms with E-state index in [9.17, 15) is 4.79 Å². The summed E-state index contributed by atoms with van der Waals surface area (Å²) >= 11 is 0. The molecule has 0 aromatic heterocycles. The summed E-state index contributed by atoms with van der Waals surface area (Å²) in [6, 6.07) is 0. The highest BCUT2D eigenvalue weighted by atomic mass is 16.6. The average Bonchev–Trinajstić information content (AvgIpc) is 2.05. The summed E-state index contributed by atoms with van der Waals surface area (Å²) in [5.41, 5.74) is 0. The molecule has 0 heterocycles. The summed E-state index contributed by atoms with van der Waals surface area (Å²) in [7, 11) is 3.60. The molecule has 0 spiro atoms. The number of carbonyl (C=O) groups is 1. The maximum Gasteiger partial charge on any atom is 0.381 e. The van der Waals surface area contributed by atoms with E-state index in [-0.39, 0.29) is 5.76 Å². The zero-order valence-corrected chi connectivity index (χ0v) is 6.58. The summed E-state index contributed by atoms with van der Waals surface area (Å²) in [5, 5.41) is 8.85. The van der Waals surface area contributed by atoms with Crippen molar-refractivity contribution in [3.63, 3.8) is 0 Å². The van der Waals surface area contributed by atoms with Gasteiger partial charge in [-0.25, -0.2) is 4.79 Å². The average molecular weight is 162 g/mol. The van der Waals surface area contributed by atoms with Crippen LogP contribution in [0, 0.1) is 0 Å². The number of rotatable bonds is 3. The minimum absolute atomic E-state index is 0.352. The Labute approximate surface area is 64.2 Å². The molecule has 1 N–H and O–H groups in total. The second kappa shape index (κ2) is 4.43. The molecule has 0 aliphatic carbocycles. The van der Waals surface area contributed by atoms with Crippen molar-refractivity contribution in [3.8, 4) is 0 Å². The summed E-state index contributed by atoms with van der Waals surface area (Å²) in [4.78, 5) is 10.7. The van der Waals surface area contributed by atoms with Gasteiger partial charge in [0, 0.05) is 0 Å². The Balaban J connectivity index is 4.50. The van der Waals surface area contributed by atoms with Crippen LogP contribution in [-0.2, 0) is 19.0 Å². The Kier molecular flexibility index (Phi) is 3.87. The van der Waals surface area contributed by atoms with Gasteiger partial charge in [0.15, 0.2) is 0 Å². The molecule has 0 aliphatic heterocycles. The first-order chi connectivity index (χ1) is 5.17. The monoisotopic (exact) mass is 162 g/mol. The van der Waals surface area contributed by atoms with Crippen molar-refractivity contribution in [2.75, 3.05) is 21.3 Å². The molecule has 11 heavy (non-hydrogen) atoms.